The third-order valence-electron chi connectivity index (χ3n) is 6.46. The number of alkyl halides is 3. The van der Waals surface area contributed by atoms with Crippen LogP contribution in [0.25, 0.3) is 0 Å². The smallest absolute Gasteiger partial charge is 0.422 e. The molecule has 2 aliphatic rings. The lowest BCUT2D eigenvalue weighted by Crippen LogP contribution is -2.47. The molecule has 0 spiro atoms. The molecule has 0 aliphatic carbocycles. The van der Waals surface area contributed by atoms with Gasteiger partial charge in [-0.25, -0.2) is 14.8 Å². The molecule has 0 bridgehead atoms. The van der Waals surface area contributed by atoms with Gasteiger partial charge in [-0.15, -0.1) is 0 Å². The fraction of sp³-hybridized carbons (Fsp3) is 0.720. The highest BCUT2D eigenvalue weighted by molar-refractivity contribution is 6.06. The quantitative estimate of drug-likeness (QED) is 0.440. The molecule has 1 amide bonds. The maximum Gasteiger partial charge on any atom is 0.422 e. The molecule has 3 heterocycles. The van der Waals surface area contributed by atoms with Gasteiger partial charge in [0.25, 0.3) is 5.91 Å². The summed E-state index contributed by atoms with van der Waals surface area (Å²) in [5.74, 6) is -1.69. The maximum absolute atomic E-state index is 13.4. The van der Waals surface area contributed by atoms with Crippen LogP contribution in [0.1, 0.15) is 85.1 Å². The predicted octanol–water partition coefficient (Wildman–Crippen LogP) is 3.18. The summed E-state index contributed by atoms with van der Waals surface area (Å²) in [5.41, 5.74) is 1.91. The van der Waals surface area contributed by atoms with Crippen molar-refractivity contribution in [3.63, 3.8) is 0 Å². The molecule has 1 aromatic heterocycles. The minimum atomic E-state index is -4.60. The van der Waals surface area contributed by atoms with Crippen molar-refractivity contribution in [1.82, 2.24) is 20.7 Å². The zero-order chi connectivity index (χ0) is 27.2. The minimum absolute atomic E-state index is 0.0698. The molecule has 12 heteroatoms. The van der Waals surface area contributed by atoms with Crippen LogP contribution in [0.2, 0.25) is 0 Å². The zero-order valence-electron chi connectivity index (χ0n) is 21.6. The first-order valence-corrected chi connectivity index (χ1v) is 12.7. The van der Waals surface area contributed by atoms with Gasteiger partial charge in [-0.2, -0.15) is 13.2 Å². The molecule has 0 radical (unpaired) electrons. The van der Waals surface area contributed by atoms with Gasteiger partial charge in [-0.3, -0.25) is 10.2 Å². The number of aliphatic hydroxyl groups excluding tert-OH is 1. The molecular weight excluding hydrogens is 493 g/mol. The molecule has 208 valence electrons. The standard InChI is InChI=1S/C25H37F3N4O5/c1-24(2,3)37-23(35)20-18(21(34)31-32-11-6-16(7-12-32)8-13-33)14-30-22(36-15-25(26,27)28)19(20)17-4-9-29-10-5-17/h14,16-17,29,33H,4-13,15H2,1-3H3,(H,31,34). The number of rotatable bonds is 8. The van der Waals surface area contributed by atoms with Gasteiger partial charge in [0.05, 0.1) is 11.1 Å². The third-order valence-corrected chi connectivity index (χ3v) is 6.46. The van der Waals surface area contributed by atoms with Crippen molar-refractivity contribution in [3.8, 4) is 5.88 Å². The lowest BCUT2D eigenvalue weighted by Gasteiger charge is -2.32. The van der Waals surface area contributed by atoms with Gasteiger partial charge in [0.15, 0.2) is 6.61 Å². The van der Waals surface area contributed by atoms with E-state index >= 15 is 0 Å². The Kier molecular flexibility index (Phi) is 9.76. The number of hydrazine groups is 1. The zero-order valence-corrected chi connectivity index (χ0v) is 21.6. The number of nitrogens with zero attached hydrogens (tertiary/aromatic N) is 2. The van der Waals surface area contributed by atoms with Crippen LogP contribution in [0.15, 0.2) is 6.20 Å². The summed E-state index contributed by atoms with van der Waals surface area (Å²) >= 11 is 0. The second-order valence-corrected chi connectivity index (χ2v) is 10.6. The Hall–Kier alpha value is -2.44. The van der Waals surface area contributed by atoms with Crippen molar-refractivity contribution in [2.45, 2.75) is 70.6 Å². The van der Waals surface area contributed by atoms with Crippen molar-refractivity contribution in [3.05, 3.63) is 22.9 Å². The Morgan fingerprint density at radius 3 is 2.38 bits per heavy atom. The molecule has 0 saturated carbocycles. The van der Waals surface area contributed by atoms with Gasteiger partial charge in [-0.05, 0) is 77.8 Å². The molecule has 1 aromatic rings. The van der Waals surface area contributed by atoms with Crippen molar-refractivity contribution in [1.29, 1.82) is 0 Å². The fourth-order valence-corrected chi connectivity index (χ4v) is 4.70. The van der Waals surface area contributed by atoms with Crippen LogP contribution in [0, 0.1) is 5.92 Å². The minimum Gasteiger partial charge on any atom is -0.468 e. The van der Waals surface area contributed by atoms with Crippen LogP contribution in [0.4, 0.5) is 13.2 Å². The highest BCUT2D eigenvalue weighted by Gasteiger charge is 2.36. The number of nitrogens with one attached hydrogen (secondary N) is 2. The molecule has 2 fully saturated rings. The van der Waals surface area contributed by atoms with Crippen LogP contribution >= 0.6 is 0 Å². The topological polar surface area (TPSA) is 113 Å². The van der Waals surface area contributed by atoms with Crippen molar-refractivity contribution < 1.29 is 37.3 Å². The Balaban J connectivity index is 1.99. The number of hydrogen-bond acceptors (Lipinski definition) is 8. The van der Waals surface area contributed by atoms with E-state index in [9.17, 15) is 22.8 Å². The van der Waals surface area contributed by atoms with Crippen molar-refractivity contribution in [2.24, 2.45) is 5.92 Å². The van der Waals surface area contributed by atoms with E-state index in [1.807, 2.05) is 0 Å². The van der Waals surface area contributed by atoms with E-state index in [4.69, 9.17) is 14.6 Å². The molecule has 2 saturated heterocycles. The molecule has 37 heavy (non-hydrogen) atoms. The average molecular weight is 531 g/mol. The summed E-state index contributed by atoms with van der Waals surface area (Å²) in [4.78, 5) is 30.9. The number of hydrogen-bond donors (Lipinski definition) is 3. The highest BCUT2D eigenvalue weighted by Crippen LogP contribution is 2.37. The third kappa shape index (κ3) is 8.54. The molecule has 9 nitrogen and oxygen atoms in total. The predicted molar refractivity (Wildman–Crippen MR) is 129 cm³/mol. The van der Waals surface area contributed by atoms with E-state index in [2.05, 4.69) is 15.7 Å². The van der Waals surface area contributed by atoms with E-state index in [0.717, 1.165) is 19.0 Å². The van der Waals surface area contributed by atoms with Gasteiger partial charge in [-0.1, -0.05) is 0 Å². The summed E-state index contributed by atoms with van der Waals surface area (Å²) in [6.45, 7) is 5.89. The van der Waals surface area contributed by atoms with E-state index in [1.165, 1.54) is 0 Å². The Morgan fingerprint density at radius 1 is 1.16 bits per heavy atom. The first-order chi connectivity index (χ1) is 17.4. The lowest BCUT2D eigenvalue weighted by molar-refractivity contribution is -0.154. The van der Waals surface area contributed by atoms with Gasteiger partial charge in [0.1, 0.15) is 5.60 Å². The number of piperidine rings is 2. The second-order valence-electron chi connectivity index (χ2n) is 10.6. The summed E-state index contributed by atoms with van der Waals surface area (Å²) in [6, 6.07) is 0. The summed E-state index contributed by atoms with van der Waals surface area (Å²) in [7, 11) is 0. The van der Waals surface area contributed by atoms with Crippen LogP contribution in [0.5, 0.6) is 5.88 Å². The van der Waals surface area contributed by atoms with E-state index < -0.39 is 30.3 Å². The summed E-state index contributed by atoms with van der Waals surface area (Å²) < 4.78 is 49.7. The normalized spacial score (nSPS) is 18.5. The molecule has 3 N–H and O–H groups in total. The Morgan fingerprint density at radius 2 is 1.81 bits per heavy atom. The number of aromatic nitrogens is 1. The van der Waals surface area contributed by atoms with Crippen LogP contribution in [0.3, 0.4) is 0 Å². The van der Waals surface area contributed by atoms with Crippen molar-refractivity contribution >= 4 is 11.9 Å². The Labute approximate surface area is 215 Å². The number of ether oxygens (including phenoxy) is 2. The fourth-order valence-electron chi connectivity index (χ4n) is 4.70. The molecule has 3 rings (SSSR count). The SMILES string of the molecule is CC(C)(C)OC(=O)c1c(C(=O)NN2CCC(CCO)CC2)cnc(OCC(F)(F)F)c1C1CCNCC1. The van der Waals surface area contributed by atoms with Gasteiger partial charge >= 0.3 is 12.1 Å². The average Bonchev–Trinajstić information content (AvgIpc) is 2.82. The molecule has 0 unspecified atom stereocenters. The monoisotopic (exact) mass is 530 g/mol. The molecule has 0 aromatic carbocycles. The number of carbonyl (C=O) groups excluding carboxylic acids is 2. The Bertz CT molecular complexity index is 937. The van der Waals surface area contributed by atoms with Gasteiger partial charge in [0, 0.05) is 31.5 Å². The molecular formula is C25H37F3N4O5. The maximum atomic E-state index is 13.4. The number of pyridine rings is 1. The largest absolute Gasteiger partial charge is 0.468 e. The van der Waals surface area contributed by atoms with E-state index in [0.29, 0.717) is 51.4 Å². The van der Waals surface area contributed by atoms with Crippen LogP contribution < -0.4 is 15.5 Å². The highest BCUT2D eigenvalue weighted by atomic mass is 19.4. The molecule has 2 aliphatic heterocycles. The first kappa shape index (κ1) is 29.1. The van der Waals surface area contributed by atoms with Crippen LogP contribution in [-0.4, -0.2) is 78.1 Å². The van der Waals surface area contributed by atoms with E-state index in [-0.39, 0.29) is 35.1 Å². The second kappa shape index (κ2) is 12.4. The first-order valence-electron chi connectivity index (χ1n) is 12.7. The summed E-state index contributed by atoms with van der Waals surface area (Å²) in [6.07, 6.45) is -0.161. The van der Waals surface area contributed by atoms with Crippen LogP contribution in [-0.2, 0) is 4.74 Å². The number of carbonyl (C=O) groups is 2. The number of esters is 1. The number of halogens is 3. The number of aliphatic hydroxyl groups is 1. The van der Waals surface area contributed by atoms with Crippen molar-refractivity contribution in [2.75, 3.05) is 39.4 Å². The number of amides is 1. The summed E-state index contributed by atoms with van der Waals surface area (Å²) in [5, 5.41) is 14.1. The lowest BCUT2D eigenvalue weighted by atomic mass is 9.86. The van der Waals surface area contributed by atoms with E-state index in [1.54, 1.807) is 25.8 Å². The molecule has 0 atom stereocenters. The van der Waals surface area contributed by atoms with Gasteiger partial charge in [0.2, 0.25) is 5.88 Å². The van der Waals surface area contributed by atoms with Gasteiger partial charge < -0.3 is 19.9 Å².